The van der Waals surface area contributed by atoms with E-state index >= 15 is 0 Å². The zero-order chi connectivity index (χ0) is 12.9. The van der Waals surface area contributed by atoms with Crippen molar-refractivity contribution >= 4 is 5.97 Å². The van der Waals surface area contributed by atoms with Crippen molar-refractivity contribution in [3.63, 3.8) is 0 Å². The zero-order valence-corrected chi connectivity index (χ0v) is 10.7. The zero-order valence-electron chi connectivity index (χ0n) is 10.7. The van der Waals surface area contributed by atoms with Gasteiger partial charge in [0.1, 0.15) is 0 Å². The van der Waals surface area contributed by atoms with Gasteiger partial charge in [-0.15, -0.1) is 0 Å². The third-order valence-electron chi connectivity index (χ3n) is 2.74. The van der Waals surface area contributed by atoms with E-state index in [1.165, 1.54) is 38.5 Å². The Labute approximate surface area is 104 Å². The van der Waals surface area contributed by atoms with E-state index in [4.69, 9.17) is 10.4 Å². The molecular formula is C14H23NO2. The van der Waals surface area contributed by atoms with Gasteiger partial charge in [0.25, 0.3) is 0 Å². The fourth-order valence-electron chi connectivity index (χ4n) is 1.76. The summed E-state index contributed by atoms with van der Waals surface area (Å²) in [4.78, 5) is 10.4. The third kappa shape index (κ3) is 11.0. The Bertz CT molecular complexity index is 276. The first kappa shape index (κ1) is 15.7. The second kappa shape index (κ2) is 11.2. The van der Waals surface area contributed by atoms with E-state index in [0.717, 1.165) is 18.9 Å². The predicted molar refractivity (Wildman–Crippen MR) is 68.6 cm³/mol. The Morgan fingerprint density at radius 3 is 2.12 bits per heavy atom. The number of carbonyl (C=O) groups is 1. The Morgan fingerprint density at radius 1 is 1.12 bits per heavy atom. The minimum atomic E-state index is -1.03. The highest BCUT2D eigenvalue weighted by molar-refractivity contribution is 5.81. The number of carboxylic acid groups (broad SMARTS) is 1. The van der Waals surface area contributed by atoms with Gasteiger partial charge in [0, 0.05) is 11.6 Å². The number of nitrogens with zero attached hydrogens (tertiary/aromatic N) is 1. The molecule has 0 aliphatic rings. The van der Waals surface area contributed by atoms with Crippen LogP contribution in [0.5, 0.6) is 0 Å². The van der Waals surface area contributed by atoms with Crippen molar-refractivity contribution in [1.29, 1.82) is 5.26 Å². The highest BCUT2D eigenvalue weighted by atomic mass is 16.4. The van der Waals surface area contributed by atoms with Gasteiger partial charge in [0.05, 0.1) is 6.07 Å². The number of unbranched alkanes of at least 4 members (excludes halogenated alkanes) is 7. The van der Waals surface area contributed by atoms with Crippen LogP contribution in [0.15, 0.2) is 11.6 Å². The summed E-state index contributed by atoms with van der Waals surface area (Å²) in [6, 6.07) is 1.93. The predicted octanol–water partition coefficient (Wildman–Crippen LogP) is 4.05. The molecule has 0 aromatic carbocycles. The average molecular weight is 237 g/mol. The molecule has 0 amide bonds. The first-order valence-corrected chi connectivity index (χ1v) is 6.54. The van der Waals surface area contributed by atoms with Gasteiger partial charge in [-0.1, -0.05) is 51.9 Å². The highest BCUT2D eigenvalue weighted by Crippen LogP contribution is 2.12. The van der Waals surface area contributed by atoms with E-state index in [1.54, 1.807) is 0 Å². The summed E-state index contributed by atoms with van der Waals surface area (Å²) in [5, 5.41) is 17.2. The monoisotopic (exact) mass is 237 g/mol. The lowest BCUT2D eigenvalue weighted by Crippen LogP contribution is -1.91. The number of carboxylic acids is 1. The van der Waals surface area contributed by atoms with Crippen LogP contribution in [0.4, 0.5) is 0 Å². The molecule has 0 aromatic rings. The lowest BCUT2D eigenvalue weighted by molar-refractivity contribution is -0.131. The van der Waals surface area contributed by atoms with Crippen LogP contribution in [0.2, 0.25) is 0 Å². The molecule has 3 heteroatoms. The van der Waals surface area contributed by atoms with E-state index in [9.17, 15) is 4.79 Å². The summed E-state index contributed by atoms with van der Waals surface area (Å²) in [6.45, 7) is 2.21. The summed E-state index contributed by atoms with van der Waals surface area (Å²) in [5.41, 5.74) is 0.378. The van der Waals surface area contributed by atoms with E-state index in [-0.39, 0.29) is 0 Å². The molecule has 0 saturated carbocycles. The van der Waals surface area contributed by atoms with Crippen LogP contribution < -0.4 is 0 Å². The molecule has 0 unspecified atom stereocenters. The van der Waals surface area contributed by atoms with Crippen molar-refractivity contribution in [2.24, 2.45) is 0 Å². The molecule has 0 atom stereocenters. The molecule has 0 fully saturated rings. The fraction of sp³-hybridized carbons (Fsp3) is 0.714. The highest BCUT2D eigenvalue weighted by Gasteiger charge is 1.99. The molecular weight excluding hydrogens is 214 g/mol. The van der Waals surface area contributed by atoms with Crippen molar-refractivity contribution in [3.8, 4) is 6.07 Å². The Balaban J connectivity index is 3.45. The van der Waals surface area contributed by atoms with E-state index < -0.39 is 5.97 Å². The largest absolute Gasteiger partial charge is 0.478 e. The summed E-state index contributed by atoms with van der Waals surface area (Å²) in [5.74, 6) is -1.03. The van der Waals surface area contributed by atoms with Crippen molar-refractivity contribution in [2.45, 2.75) is 64.7 Å². The standard InChI is InChI=1S/C14H23NO2/c1-2-3-4-5-6-7-8-9-10-13(12-15)11-14(16)17/h11H,2-10H2,1H3,(H,16,17). The van der Waals surface area contributed by atoms with Crippen LogP contribution in [0, 0.1) is 11.3 Å². The molecule has 0 aliphatic carbocycles. The Hall–Kier alpha value is -1.30. The van der Waals surface area contributed by atoms with Crippen LogP contribution in [0.3, 0.4) is 0 Å². The van der Waals surface area contributed by atoms with Gasteiger partial charge in [-0.05, 0) is 12.8 Å². The quantitative estimate of drug-likeness (QED) is 0.354. The second-order valence-corrected chi connectivity index (χ2v) is 4.34. The minimum absolute atomic E-state index is 0.378. The van der Waals surface area contributed by atoms with Crippen LogP contribution in [-0.2, 0) is 4.79 Å². The number of hydrogen-bond donors (Lipinski definition) is 1. The maximum absolute atomic E-state index is 10.4. The van der Waals surface area contributed by atoms with E-state index in [1.807, 2.05) is 6.07 Å². The normalized spacial score (nSPS) is 11.2. The van der Waals surface area contributed by atoms with Crippen LogP contribution >= 0.6 is 0 Å². The topological polar surface area (TPSA) is 61.1 Å². The third-order valence-corrected chi connectivity index (χ3v) is 2.74. The molecule has 1 N–H and O–H groups in total. The molecule has 0 bridgehead atoms. The van der Waals surface area contributed by atoms with Crippen LogP contribution in [-0.4, -0.2) is 11.1 Å². The molecule has 0 aromatic heterocycles. The fourth-order valence-corrected chi connectivity index (χ4v) is 1.76. The molecule has 0 saturated heterocycles. The van der Waals surface area contributed by atoms with E-state index in [2.05, 4.69) is 6.92 Å². The molecule has 96 valence electrons. The molecule has 0 heterocycles. The summed E-state index contributed by atoms with van der Waals surface area (Å²) < 4.78 is 0. The lowest BCUT2D eigenvalue weighted by atomic mass is 10.0. The van der Waals surface area contributed by atoms with Crippen molar-refractivity contribution in [3.05, 3.63) is 11.6 Å². The average Bonchev–Trinajstić information content (AvgIpc) is 2.30. The maximum atomic E-state index is 10.4. The Morgan fingerprint density at radius 2 is 1.65 bits per heavy atom. The SMILES string of the molecule is CCCCCCCCCCC(C#N)=CC(=O)O. The molecule has 3 nitrogen and oxygen atoms in total. The molecule has 17 heavy (non-hydrogen) atoms. The second-order valence-electron chi connectivity index (χ2n) is 4.34. The first-order valence-electron chi connectivity index (χ1n) is 6.54. The summed E-state index contributed by atoms with van der Waals surface area (Å²) >= 11 is 0. The molecule has 0 aliphatic heterocycles. The number of aliphatic carboxylic acids is 1. The van der Waals surface area contributed by atoms with Gasteiger partial charge in [-0.25, -0.2) is 4.79 Å². The number of rotatable bonds is 10. The van der Waals surface area contributed by atoms with Crippen molar-refractivity contribution < 1.29 is 9.90 Å². The van der Waals surface area contributed by atoms with Crippen LogP contribution in [0.25, 0.3) is 0 Å². The van der Waals surface area contributed by atoms with Gasteiger partial charge >= 0.3 is 5.97 Å². The molecule has 0 rings (SSSR count). The molecule has 0 spiro atoms. The maximum Gasteiger partial charge on any atom is 0.329 e. The summed E-state index contributed by atoms with van der Waals surface area (Å²) in [7, 11) is 0. The number of allylic oxidation sites excluding steroid dienone is 1. The van der Waals surface area contributed by atoms with Crippen molar-refractivity contribution in [2.75, 3.05) is 0 Å². The van der Waals surface area contributed by atoms with Crippen molar-refractivity contribution in [1.82, 2.24) is 0 Å². The van der Waals surface area contributed by atoms with Gasteiger partial charge in [-0.3, -0.25) is 0 Å². The first-order chi connectivity index (χ1) is 8.20. The van der Waals surface area contributed by atoms with Gasteiger partial charge < -0.3 is 5.11 Å². The Kier molecular flexibility index (Phi) is 10.3. The number of nitriles is 1. The van der Waals surface area contributed by atoms with Gasteiger partial charge in [-0.2, -0.15) is 5.26 Å². The minimum Gasteiger partial charge on any atom is -0.478 e. The smallest absolute Gasteiger partial charge is 0.329 e. The van der Waals surface area contributed by atoms with Gasteiger partial charge in [0.2, 0.25) is 0 Å². The van der Waals surface area contributed by atoms with E-state index in [0.29, 0.717) is 12.0 Å². The van der Waals surface area contributed by atoms with Crippen LogP contribution in [0.1, 0.15) is 64.7 Å². The number of hydrogen-bond acceptors (Lipinski definition) is 2. The molecule has 0 radical (unpaired) electrons. The summed E-state index contributed by atoms with van der Waals surface area (Å²) in [6.07, 6.45) is 11.3. The van der Waals surface area contributed by atoms with Gasteiger partial charge in [0.15, 0.2) is 0 Å². The lowest BCUT2D eigenvalue weighted by Gasteiger charge is -2.01.